The molecule has 1 fully saturated rings. The molecule has 86 heavy (non-hydrogen) atoms. The van der Waals surface area contributed by atoms with Crippen LogP contribution in [-0.4, -0.2) is 80.6 Å². The van der Waals surface area contributed by atoms with Crippen LogP contribution in [-0.2, 0) is 51.2 Å². The van der Waals surface area contributed by atoms with Gasteiger partial charge in [-0.05, 0) is 119 Å². The van der Waals surface area contributed by atoms with E-state index in [-0.39, 0.29) is 75.8 Å². The van der Waals surface area contributed by atoms with Gasteiger partial charge in [0, 0.05) is 37.0 Å². The van der Waals surface area contributed by atoms with Crippen LogP contribution >= 0.6 is 0 Å². The van der Waals surface area contributed by atoms with E-state index >= 15 is 0 Å². The topological polar surface area (TPSA) is 90.9 Å². The van der Waals surface area contributed by atoms with E-state index in [2.05, 4.69) is 230 Å². The van der Waals surface area contributed by atoms with Gasteiger partial charge >= 0.3 is 0 Å². The Kier molecular flexibility index (Phi) is 26.1. The Bertz CT molecular complexity index is 2730. The lowest BCUT2D eigenvalue weighted by Crippen LogP contribution is -2.48. The third kappa shape index (κ3) is 19.5. The smallest absolute Gasteiger partial charge is 0.192 e. The number of methoxy groups -OCH3 is 2. The van der Waals surface area contributed by atoms with E-state index in [1.165, 1.54) is 0 Å². The second kappa shape index (κ2) is 32.0. The maximum Gasteiger partial charge on any atom is 0.192 e. The van der Waals surface area contributed by atoms with Crippen molar-refractivity contribution < 1.29 is 42.1 Å². The number of ether oxygens (including phenoxy) is 6. The largest absolute Gasteiger partial charge is 0.497 e. The van der Waals surface area contributed by atoms with Crippen molar-refractivity contribution in [2.45, 2.75) is 194 Å². The first-order valence-electron chi connectivity index (χ1n) is 31.9. The van der Waals surface area contributed by atoms with Crippen molar-refractivity contribution in [3.05, 3.63) is 192 Å². The van der Waals surface area contributed by atoms with Gasteiger partial charge in [0.05, 0.1) is 58.5 Å². The zero-order chi connectivity index (χ0) is 62.9. The van der Waals surface area contributed by atoms with Gasteiger partial charge in [-0.15, -0.1) is 0 Å². The molecule has 9 nitrogen and oxygen atoms in total. The molecule has 5 aromatic rings. The zero-order valence-corrected chi connectivity index (χ0v) is 57.8. The molecule has 0 N–H and O–H groups in total. The van der Waals surface area contributed by atoms with Crippen molar-refractivity contribution in [2.24, 2.45) is 35.5 Å². The zero-order valence-electron chi connectivity index (χ0n) is 55.8. The molecule has 1 heterocycles. The molecular formula is C75H108O9Si2. The van der Waals surface area contributed by atoms with Crippen LogP contribution in [0.3, 0.4) is 0 Å². The maximum absolute atomic E-state index is 14.1. The van der Waals surface area contributed by atoms with Gasteiger partial charge < -0.3 is 37.3 Å². The molecule has 5 aromatic carbocycles. The van der Waals surface area contributed by atoms with Crippen LogP contribution in [0.2, 0.25) is 36.3 Å². The summed E-state index contributed by atoms with van der Waals surface area (Å²) in [5.74, 6) is 2.28. The van der Waals surface area contributed by atoms with E-state index < -0.39 is 28.5 Å². The molecule has 11 atom stereocenters. The summed E-state index contributed by atoms with van der Waals surface area (Å²) in [4.78, 5) is 14.1. The van der Waals surface area contributed by atoms with Gasteiger partial charge in [-0.3, -0.25) is 4.79 Å². The highest BCUT2D eigenvalue weighted by molar-refractivity contribution is 6.74. The summed E-state index contributed by atoms with van der Waals surface area (Å²) in [6.45, 7) is 38.1. The molecule has 1 saturated heterocycles. The Balaban J connectivity index is 1.23. The van der Waals surface area contributed by atoms with Gasteiger partial charge in [-0.1, -0.05) is 223 Å². The fraction of sp³-hybridized carbons (Fsp3) is 0.533. The number of ketones is 1. The monoisotopic (exact) mass is 1210 g/mol. The lowest BCUT2D eigenvalue weighted by Gasteiger charge is -2.43. The minimum atomic E-state index is -2.31. The first kappa shape index (κ1) is 70.1. The molecule has 3 unspecified atom stereocenters. The molecule has 0 amide bonds. The predicted molar refractivity (Wildman–Crippen MR) is 359 cm³/mol. The van der Waals surface area contributed by atoms with Crippen LogP contribution in [0.25, 0.3) is 0 Å². The van der Waals surface area contributed by atoms with E-state index in [0.717, 1.165) is 52.2 Å². The van der Waals surface area contributed by atoms with Crippen LogP contribution in [0.1, 0.15) is 137 Å². The second-order valence-corrected chi connectivity index (χ2v) is 37.3. The Morgan fingerprint density at radius 2 is 1.13 bits per heavy atom. The molecule has 0 radical (unpaired) electrons. The number of carbonyl (C=O) groups is 1. The average Bonchev–Trinajstić information content (AvgIpc) is 1.42. The van der Waals surface area contributed by atoms with E-state index in [0.29, 0.717) is 39.1 Å². The summed E-state index contributed by atoms with van der Waals surface area (Å²) in [6, 6.07) is 47.9. The van der Waals surface area contributed by atoms with E-state index in [1.54, 1.807) is 14.2 Å². The molecule has 0 aromatic heterocycles. The number of benzene rings is 5. The van der Waals surface area contributed by atoms with Gasteiger partial charge in [-0.2, -0.15) is 0 Å². The Hall–Kier alpha value is -4.96. The number of rotatable bonds is 32. The number of hydrogen-bond donors (Lipinski definition) is 0. The summed E-state index contributed by atoms with van der Waals surface area (Å²) in [5.41, 5.74) is 4.59. The molecular weight excluding hydrogens is 1100 g/mol. The SMILES string of the molecule is COc1ccc(CO[C@@H]([C@@H](C)C=C[C@H](C[C@H](O[Si](C)(C)C(C)(C)C)[C@H](C)C=CCOC(c2ccccc2)(c2ccccc2)c2ccccc2)O[Si](C)(C)C(C)(C)C)[C@@H](C)C[C@@H](C)CCC(=O)C(C)C2OC(Cc3ccc(OC)cc3)OC[C@@H]2C)cc1. The van der Waals surface area contributed by atoms with Crippen LogP contribution in [0.15, 0.2) is 164 Å². The molecule has 1 aliphatic rings. The van der Waals surface area contributed by atoms with Crippen molar-refractivity contribution in [3.63, 3.8) is 0 Å². The predicted octanol–water partition coefficient (Wildman–Crippen LogP) is 18.4. The molecule has 0 aliphatic carbocycles. The van der Waals surface area contributed by atoms with Crippen molar-refractivity contribution in [3.8, 4) is 11.5 Å². The summed E-state index contributed by atoms with van der Waals surface area (Å²) >= 11 is 0. The van der Waals surface area contributed by atoms with Crippen LogP contribution in [0, 0.1) is 35.5 Å². The third-order valence-corrected chi connectivity index (χ3v) is 27.9. The molecule has 0 saturated carbocycles. The Morgan fingerprint density at radius 1 is 0.628 bits per heavy atom. The van der Waals surface area contributed by atoms with Crippen molar-refractivity contribution >= 4 is 22.4 Å². The summed E-state index contributed by atoms with van der Waals surface area (Å²) in [7, 11) is -1.24. The molecule has 0 bridgehead atoms. The fourth-order valence-electron chi connectivity index (χ4n) is 11.4. The molecule has 6 rings (SSSR count). The highest BCUT2D eigenvalue weighted by Gasteiger charge is 2.44. The summed E-state index contributed by atoms with van der Waals surface area (Å²) < 4.78 is 52.9. The first-order chi connectivity index (χ1) is 40.7. The minimum Gasteiger partial charge on any atom is -0.497 e. The second-order valence-electron chi connectivity index (χ2n) is 27.8. The van der Waals surface area contributed by atoms with Crippen LogP contribution in [0.4, 0.5) is 0 Å². The molecule has 470 valence electrons. The fourth-order valence-corrected chi connectivity index (χ4v) is 14.1. The van der Waals surface area contributed by atoms with Gasteiger partial charge in [-0.25, -0.2) is 0 Å². The van der Waals surface area contributed by atoms with Crippen LogP contribution < -0.4 is 9.47 Å². The Labute approximate surface area is 522 Å². The number of hydrogen-bond acceptors (Lipinski definition) is 9. The van der Waals surface area contributed by atoms with E-state index in [4.69, 9.17) is 37.3 Å². The quantitative estimate of drug-likeness (QED) is 0.0237. The lowest BCUT2D eigenvalue weighted by molar-refractivity contribution is -0.241. The maximum atomic E-state index is 14.1. The number of carbonyl (C=O) groups excluding carboxylic acids is 1. The molecule has 11 heteroatoms. The molecule has 1 aliphatic heterocycles. The Morgan fingerprint density at radius 3 is 1.63 bits per heavy atom. The van der Waals surface area contributed by atoms with Crippen molar-refractivity contribution in [2.75, 3.05) is 27.4 Å². The highest BCUT2D eigenvalue weighted by atomic mass is 28.4. The van der Waals surface area contributed by atoms with Gasteiger partial charge in [0.15, 0.2) is 22.9 Å². The average molecular weight is 1210 g/mol. The van der Waals surface area contributed by atoms with E-state index in [1.807, 2.05) is 43.3 Å². The van der Waals surface area contributed by atoms with Gasteiger partial charge in [0.25, 0.3) is 0 Å². The summed E-state index contributed by atoms with van der Waals surface area (Å²) in [5, 5.41) is -0.0254. The van der Waals surface area contributed by atoms with Gasteiger partial charge in [0.2, 0.25) is 0 Å². The molecule has 0 spiro atoms. The summed E-state index contributed by atoms with van der Waals surface area (Å²) in [6.07, 6.45) is 11.6. The first-order valence-corrected chi connectivity index (χ1v) is 37.7. The van der Waals surface area contributed by atoms with E-state index in [9.17, 15) is 4.79 Å². The number of Topliss-reactive ketones (excluding diaryl/α,β-unsaturated/α-hetero) is 1. The highest BCUT2D eigenvalue weighted by Crippen LogP contribution is 2.43. The standard InChI is InChI=1S/C75H108O9Si2/c1-54(36-47-68(76)59(6)72-58(5)52-79-70(82-72)50-60-38-43-65(77-13)44-39-60)49-57(4)71(80-53-61-40-45-66(78-14)46-41-61)56(3)37-42-67(83-85(15,16)73(7,8)9)51-69(84-86(17,18)74(10,11)12)55(2)29-28-48-81-75(62-30-22-19-23-31-62,63-32-24-20-25-33-63)64-34-26-21-27-35-64/h19-35,37-46,54-59,67,69-72H,36,47-53H2,1-18H3/t54-,55+,56-,57-,58-,59?,67+,69-,70?,71-,72?/m0/s1. The lowest BCUT2D eigenvalue weighted by atomic mass is 9.80. The van der Waals surface area contributed by atoms with Crippen LogP contribution in [0.5, 0.6) is 11.5 Å². The normalized spacial score (nSPS) is 19.3. The minimum absolute atomic E-state index is 0.00785. The van der Waals surface area contributed by atoms with Gasteiger partial charge in [0.1, 0.15) is 22.9 Å². The van der Waals surface area contributed by atoms with Crippen molar-refractivity contribution in [1.29, 1.82) is 0 Å². The third-order valence-electron chi connectivity index (χ3n) is 18.9. The van der Waals surface area contributed by atoms with Crippen molar-refractivity contribution in [1.82, 2.24) is 0 Å².